The standard InChI is InChI=1S/C42H56O8/c1-9-11-17-31-19-13-15-21-33(41(43)49-7)24-30-27-37(47-5)40(38(28-30)48-6)32(18-12-10-2)20-14-16-22-34(42(44)50-8)23-29-25-35(45-3)39(31)36(26-29)46-4/h13-16,23-28,31-32H,9-12,17-22H2,1-8H3/b15-13+,16-14+,33-24?,34-23?/t31-,32-/m0/s1. The second kappa shape index (κ2) is 20.9. The second-order valence-electron chi connectivity index (χ2n) is 12.5. The minimum atomic E-state index is -0.391. The number of unbranched alkanes of at least 4 members (excludes halogenated alkanes) is 2. The molecule has 0 amide bonds. The monoisotopic (exact) mass is 688 g/mol. The molecular weight excluding hydrogens is 632 g/mol. The molecular formula is C42H56O8. The van der Waals surface area contributed by atoms with E-state index in [0.29, 0.717) is 59.8 Å². The molecule has 8 heteroatoms. The van der Waals surface area contributed by atoms with E-state index >= 15 is 0 Å². The van der Waals surface area contributed by atoms with Gasteiger partial charge in [0.1, 0.15) is 23.0 Å². The van der Waals surface area contributed by atoms with Gasteiger partial charge in [-0.2, -0.15) is 0 Å². The molecule has 0 saturated carbocycles. The van der Waals surface area contributed by atoms with Crippen molar-refractivity contribution in [1.29, 1.82) is 0 Å². The van der Waals surface area contributed by atoms with Gasteiger partial charge in [-0.05, 0) is 97.9 Å². The SMILES string of the molecule is CCCC[C@H]1C/C=C/CC(C(=O)OC)=Cc2cc(OC)c(c(OC)c2)[C@@H](CCCC)C/C=C/CC(C(=O)OC)=Cc2cc(OC)c1c(OC)c2. The van der Waals surface area contributed by atoms with Crippen LogP contribution in [0.4, 0.5) is 0 Å². The van der Waals surface area contributed by atoms with Crippen molar-refractivity contribution < 1.29 is 38.0 Å². The zero-order valence-corrected chi connectivity index (χ0v) is 31.3. The van der Waals surface area contributed by atoms with E-state index in [-0.39, 0.29) is 11.8 Å². The first-order valence-corrected chi connectivity index (χ1v) is 17.7. The molecule has 0 saturated heterocycles. The average molecular weight is 689 g/mol. The number of esters is 2. The van der Waals surface area contributed by atoms with Gasteiger partial charge in [-0.25, -0.2) is 9.59 Å². The summed E-state index contributed by atoms with van der Waals surface area (Å²) in [6, 6.07) is 7.83. The summed E-state index contributed by atoms with van der Waals surface area (Å²) in [6.45, 7) is 4.35. The van der Waals surface area contributed by atoms with Gasteiger partial charge in [0, 0.05) is 22.3 Å². The Morgan fingerprint density at radius 1 is 0.560 bits per heavy atom. The van der Waals surface area contributed by atoms with E-state index in [2.05, 4.69) is 26.0 Å². The molecule has 6 rings (SSSR count). The Labute approximate surface area is 299 Å². The van der Waals surface area contributed by atoms with E-state index in [1.807, 2.05) is 48.6 Å². The summed E-state index contributed by atoms with van der Waals surface area (Å²) in [5, 5.41) is 0. The van der Waals surface area contributed by atoms with Crippen LogP contribution in [0.1, 0.15) is 112 Å². The maximum absolute atomic E-state index is 13.0. The number of hydrogen-bond acceptors (Lipinski definition) is 8. The molecule has 8 nitrogen and oxygen atoms in total. The number of allylic oxidation sites excluding steroid dienone is 4. The van der Waals surface area contributed by atoms with Gasteiger partial charge in [0.15, 0.2) is 0 Å². The van der Waals surface area contributed by atoms with Crippen molar-refractivity contribution in [2.75, 3.05) is 42.7 Å². The maximum Gasteiger partial charge on any atom is 0.334 e. The lowest BCUT2D eigenvalue weighted by atomic mass is 9.87. The van der Waals surface area contributed by atoms with E-state index in [1.165, 1.54) is 14.2 Å². The minimum Gasteiger partial charge on any atom is -0.496 e. The van der Waals surface area contributed by atoms with Crippen LogP contribution in [0, 0.1) is 0 Å². The van der Waals surface area contributed by atoms with Crippen molar-refractivity contribution in [2.45, 2.75) is 89.9 Å². The van der Waals surface area contributed by atoms with Crippen LogP contribution in [0.25, 0.3) is 12.2 Å². The Morgan fingerprint density at radius 2 is 0.900 bits per heavy atom. The summed E-state index contributed by atoms with van der Waals surface area (Å²) in [4.78, 5) is 26.0. The Hall–Kier alpha value is -4.46. The van der Waals surface area contributed by atoms with E-state index in [0.717, 1.165) is 60.8 Å². The van der Waals surface area contributed by atoms with E-state index < -0.39 is 11.9 Å². The van der Waals surface area contributed by atoms with Gasteiger partial charge in [-0.15, -0.1) is 0 Å². The first-order valence-electron chi connectivity index (χ1n) is 17.7. The molecule has 4 aliphatic rings. The molecule has 4 bridgehead atoms. The topological polar surface area (TPSA) is 89.5 Å². The molecule has 0 fully saturated rings. The predicted molar refractivity (Wildman–Crippen MR) is 200 cm³/mol. The third-order valence-corrected chi connectivity index (χ3v) is 9.19. The Kier molecular flexibility index (Phi) is 16.7. The molecule has 0 spiro atoms. The Morgan fingerprint density at radius 3 is 1.18 bits per heavy atom. The second-order valence-corrected chi connectivity index (χ2v) is 12.5. The summed E-state index contributed by atoms with van der Waals surface area (Å²) in [6.07, 6.45) is 20.1. The molecule has 0 aliphatic heterocycles. The highest BCUT2D eigenvalue weighted by Crippen LogP contribution is 2.43. The molecule has 0 radical (unpaired) electrons. The number of rotatable bonds is 12. The third kappa shape index (κ3) is 10.8. The Balaban J connectivity index is 2.26. The molecule has 0 heterocycles. The van der Waals surface area contributed by atoms with Gasteiger partial charge in [0.25, 0.3) is 0 Å². The van der Waals surface area contributed by atoms with Crippen LogP contribution in [-0.4, -0.2) is 54.6 Å². The van der Waals surface area contributed by atoms with Crippen LogP contribution >= 0.6 is 0 Å². The third-order valence-electron chi connectivity index (χ3n) is 9.19. The number of methoxy groups -OCH3 is 6. The zero-order chi connectivity index (χ0) is 36.5. The fraction of sp³-hybridized carbons (Fsp3) is 0.476. The number of benzene rings is 2. The van der Waals surface area contributed by atoms with Gasteiger partial charge in [-0.1, -0.05) is 63.8 Å². The van der Waals surface area contributed by atoms with E-state index in [9.17, 15) is 9.59 Å². The molecule has 50 heavy (non-hydrogen) atoms. The molecule has 2 aromatic rings. The van der Waals surface area contributed by atoms with Crippen molar-refractivity contribution >= 4 is 24.1 Å². The van der Waals surface area contributed by atoms with Crippen LogP contribution < -0.4 is 18.9 Å². The smallest absolute Gasteiger partial charge is 0.334 e. The molecule has 4 aliphatic carbocycles. The molecule has 0 unspecified atom stereocenters. The fourth-order valence-electron chi connectivity index (χ4n) is 6.56. The van der Waals surface area contributed by atoms with Crippen molar-refractivity contribution in [3.63, 3.8) is 0 Å². The van der Waals surface area contributed by atoms with Crippen LogP contribution in [0.5, 0.6) is 23.0 Å². The summed E-state index contributed by atoms with van der Waals surface area (Å²) in [7, 11) is 9.43. The zero-order valence-electron chi connectivity index (χ0n) is 31.3. The van der Waals surface area contributed by atoms with Crippen LogP contribution in [-0.2, 0) is 19.1 Å². The number of ether oxygens (including phenoxy) is 6. The van der Waals surface area contributed by atoms with Gasteiger partial charge in [0.05, 0.1) is 42.7 Å². The van der Waals surface area contributed by atoms with Gasteiger partial charge >= 0.3 is 11.9 Å². The molecule has 2 atom stereocenters. The highest BCUT2D eigenvalue weighted by atomic mass is 16.5. The lowest BCUT2D eigenvalue weighted by Gasteiger charge is -2.23. The number of hydrogen-bond donors (Lipinski definition) is 0. The maximum atomic E-state index is 13.0. The van der Waals surface area contributed by atoms with Gasteiger partial charge in [0.2, 0.25) is 0 Å². The summed E-state index contributed by atoms with van der Waals surface area (Å²) < 4.78 is 34.2. The van der Waals surface area contributed by atoms with E-state index in [4.69, 9.17) is 28.4 Å². The summed E-state index contributed by atoms with van der Waals surface area (Å²) >= 11 is 0. The lowest BCUT2D eigenvalue weighted by molar-refractivity contribution is -0.136. The molecule has 2 aromatic carbocycles. The van der Waals surface area contributed by atoms with Crippen molar-refractivity contribution in [3.05, 3.63) is 82.0 Å². The first-order chi connectivity index (χ1) is 24.3. The highest BCUT2D eigenvalue weighted by molar-refractivity contribution is 5.94. The molecule has 272 valence electrons. The van der Waals surface area contributed by atoms with Crippen molar-refractivity contribution in [2.24, 2.45) is 0 Å². The normalized spacial score (nSPS) is 18.1. The van der Waals surface area contributed by atoms with Crippen molar-refractivity contribution in [1.82, 2.24) is 0 Å². The van der Waals surface area contributed by atoms with Gasteiger partial charge in [-0.3, -0.25) is 0 Å². The predicted octanol–water partition coefficient (Wildman–Crippen LogP) is 9.77. The minimum absolute atomic E-state index is 0.0993. The summed E-state index contributed by atoms with van der Waals surface area (Å²) in [5.41, 5.74) is 4.57. The Bertz CT molecular complexity index is 1380. The highest BCUT2D eigenvalue weighted by Gasteiger charge is 2.24. The largest absolute Gasteiger partial charge is 0.496 e. The van der Waals surface area contributed by atoms with Crippen LogP contribution in [0.15, 0.2) is 59.7 Å². The number of carbonyl (C=O) groups excluding carboxylic acids is 2. The summed E-state index contributed by atoms with van der Waals surface area (Å²) in [5.74, 6) is 2.22. The lowest BCUT2D eigenvalue weighted by Crippen LogP contribution is -2.07. The molecule has 0 aromatic heterocycles. The fourth-order valence-corrected chi connectivity index (χ4v) is 6.56. The first kappa shape index (κ1) is 40.0. The van der Waals surface area contributed by atoms with Gasteiger partial charge < -0.3 is 28.4 Å². The van der Waals surface area contributed by atoms with E-state index in [1.54, 1.807) is 28.4 Å². The quantitative estimate of drug-likeness (QED) is 0.161. The van der Waals surface area contributed by atoms with Crippen molar-refractivity contribution in [3.8, 4) is 23.0 Å². The van der Waals surface area contributed by atoms with Crippen LogP contribution in [0.3, 0.4) is 0 Å². The molecule has 0 N–H and O–H groups in total. The van der Waals surface area contributed by atoms with Crippen LogP contribution in [0.2, 0.25) is 0 Å². The average Bonchev–Trinajstić information content (AvgIpc) is 3.14. The number of carbonyl (C=O) groups is 2.